The minimum absolute atomic E-state index is 0.0341. The molecule has 1 aromatic rings. The van der Waals surface area contributed by atoms with Crippen LogP contribution in [0.25, 0.3) is 0 Å². The van der Waals surface area contributed by atoms with Crippen molar-refractivity contribution in [2.45, 2.75) is 80.5 Å². The average molecular weight is 601 g/mol. The summed E-state index contributed by atoms with van der Waals surface area (Å²) in [6, 6.07) is 4.93. The van der Waals surface area contributed by atoms with Crippen molar-refractivity contribution < 1.29 is 26.8 Å². The van der Waals surface area contributed by atoms with E-state index in [-0.39, 0.29) is 39.7 Å². The lowest BCUT2D eigenvalue weighted by molar-refractivity contribution is -0.171. The van der Waals surface area contributed by atoms with Gasteiger partial charge in [0.05, 0.1) is 40.1 Å². The topological polar surface area (TPSA) is 90.0 Å². The van der Waals surface area contributed by atoms with Crippen molar-refractivity contribution in [1.29, 1.82) is 0 Å². The Bertz CT molecular complexity index is 1280. The van der Waals surface area contributed by atoms with E-state index in [1.165, 1.54) is 6.07 Å². The van der Waals surface area contributed by atoms with Crippen molar-refractivity contribution in [1.82, 2.24) is 15.1 Å². The molecule has 2 saturated heterocycles. The van der Waals surface area contributed by atoms with E-state index in [9.17, 15) is 26.8 Å². The summed E-state index contributed by atoms with van der Waals surface area (Å²) in [5, 5.41) is 2.01. The quantitative estimate of drug-likeness (QED) is 0.537. The lowest BCUT2D eigenvalue weighted by Crippen LogP contribution is -2.60. The third kappa shape index (κ3) is 5.83. The number of halogens is 3. The van der Waals surface area contributed by atoms with Crippen LogP contribution in [0.2, 0.25) is 5.02 Å². The molecule has 222 valence electrons. The van der Waals surface area contributed by atoms with Gasteiger partial charge in [0.15, 0.2) is 9.84 Å². The predicted molar refractivity (Wildman–Crippen MR) is 149 cm³/mol. The van der Waals surface area contributed by atoms with E-state index in [1.54, 1.807) is 12.1 Å². The maximum atomic E-state index is 13.8. The Labute approximate surface area is 240 Å². The van der Waals surface area contributed by atoms with Gasteiger partial charge in [-0.3, -0.25) is 14.5 Å². The smallest absolute Gasteiger partial charge is 0.282 e. The van der Waals surface area contributed by atoms with Crippen LogP contribution in [0, 0.1) is 11.8 Å². The first-order chi connectivity index (χ1) is 18.5. The molecule has 40 heavy (non-hydrogen) atoms. The number of hydrogen-bond donors (Lipinski definition) is 1. The molecule has 2 amide bonds. The van der Waals surface area contributed by atoms with Gasteiger partial charge in [-0.1, -0.05) is 11.6 Å². The molecule has 3 atom stereocenters. The third-order valence-electron chi connectivity index (χ3n) is 9.01. The number of alkyl halides is 2. The molecule has 12 heteroatoms. The minimum atomic E-state index is -4.00. The van der Waals surface area contributed by atoms with E-state index in [0.717, 1.165) is 49.6 Å². The first-order valence-corrected chi connectivity index (χ1v) is 15.9. The summed E-state index contributed by atoms with van der Waals surface area (Å²) in [7, 11) is -4.00. The van der Waals surface area contributed by atoms with Gasteiger partial charge in [0, 0.05) is 42.9 Å². The van der Waals surface area contributed by atoms with E-state index in [1.807, 2.05) is 6.92 Å². The molecule has 0 aromatic heterocycles. The average Bonchev–Trinajstić information content (AvgIpc) is 3.39. The Hall–Kier alpha value is -1.98. The first kappa shape index (κ1) is 29.5. The van der Waals surface area contributed by atoms with Gasteiger partial charge in [-0.25, -0.2) is 17.2 Å². The highest BCUT2D eigenvalue weighted by Gasteiger charge is 2.54. The van der Waals surface area contributed by atoms with E-state index in [2.05, 4.69) is 35.9 Å². The molecule has 3 unspecified atom stereocenters. The van der Waals surface area contributed by atoms with Crippen LogP contribution in [0.15, 0.2) is 23.1 Å². The Morgan fingerprint density at radius 2 is 1.62 bits per heavy atom. The number of nitrogens with zero attached hydrogens (tertiary/aromatic N) is 3. The summed E-state index contributed by atoms with van der Waals surface area (Å²) in [4.78, 5) is 31.9. The molecule has 0 bridgehead atoms. The summed E-state index contributed by atoms with van der Waals surface area (Å²) in [6.07, 6.45) is 1.44. The first-order valence-electron chi connectivity index (χ1n) is 14.0. The summed E-state index contributed by atoms with van der Waals surface area (Å²) in [6.45, 7) is 10.4. The van der Waals surface area contributed by atoms with Crippen molar-refractivity contribution in [2.24, 2.45) is 11.8 Å². The lowest BCUT2D eigenvalue weighted by Gasteiger charge is -2.43. The normalized spacial score (nSPS) is 28.2. The maximum Gasteiger partial charge on any atom is 0.282 e. The van der Waals surface area contributed by atoms with Crippen LogP contribution in [0.4, 0.5) is 14.5 Å². The second-order valence-electron chi connectivity index (χ2n) is 13.2. The molecule has 4 aliphatic rings. The van der Waals surface area contributed by atoms with Crippen molar-refractivity contribution >= 4 is 38.9 Å². The van der Waals surface area contributed by atoms with Crippen LogP contribution >= 0.6 is 11.6 Å². The number of rotatable bonds is 6. The zero-order valence-corrected chi connectivity index (χ0v) is 25.1. The van der Waals surface area contributed by atoms with Gasteiger partial charge >= 0.3 is 0 Å². The predicted octanol–water partition coefficient (Wildman–Crippen LogP) is 3.58. The Kier molecular flexibility index (Phi) is 7.44. The number of nitrogens with one attached hydrogen (secondary N) is 1. The largest absolute Gasteiger partial charge is 0.369 e. The van der Waals surface area contributed by atoms with Crippen LogP contribution < -0.4 is 10.2 Å². The van der Waals surface area contributed by atoms with Gasteiger partial charge in [0.25, 0.3) is 5.92 Å². The van der Waals surface area contributed by atoms with Crippen molar-refractivity contribution in [3.8, 4) is 0 Å². The molecule has 0 spiro atoms. The van der Waals surface area contributed by atoms with Gasteiger partial charge in [-0.05, 0) is 71.6 Å². The molecule has 2 heterocycles. The fourth-order valence-corrected chi connectivity index (χ4v) is 8.51. The van der Waals surface area contributed by atoms with Crippen molar-refractivity contribution in [2.75, 3.05) is 44.2 Å². The van der Waals surface area contributed by atoms with Crippen LogP contribution in [0.5, 0.6) is 0 Å². The van der Waals surface area contributed by atoms with Crippen LogP contribution in [0.1, 0.15) is 53.4 Å². The Morgan fingerprint density at radius 3 is 2.15 bits per heavy atom. The van der Waals surface area contributed by atoms with Gasteiger partial charge in [0.2, 0.25) is 11.8 Å². The molecule has 5 rings (SSSR count). The van der Waals surface area contributed by atoms with Crippen LogP contribution in [-0.2, 0) is 19.4 Å². The highest BCUT2D eigenvalue weighted by Crippen LogP contribution is 2.44. The number of anilines is 1. The van der Waals surface area contributed by atoms with Gasteiger partial charge < -0.3 is 15.1 Å². The van der Waals surface area contributed by atoms with E-state index < -0.39 is 51.8 Å². The fourth-order valence-electron chi connectivity index (χ4n) is 6.14. The number of likely N-dealkylation sites (tertiary alicyclic amines) is 1. The molecule has 4 fully saturated rings. The van der Waals surface area contributed by atoms with Gasteiger partial charge in [-0.2, -0.15) is 0 Å². The number of sulfone groups is 1. The highest BCUT2D eigenvalue weighted by molar-refractivity contribution is 7.92. The van der Waals surface area contributed by atoms with Gasteiger partial charge in [-0.15, -0.1) is 0 Å². The molecule has 2 aliphatic heterocycles. The monoisotopic (exact) mass is 600 g/mol. The SMILES string of the molecule is CC1(NC(=O)C2CC(S(=O)(=O)c3ccc(N4CCN(C(C)(C)C)CC4)cc3Cl)CC2C(=O)N2CC(F)(F)C2)CC1. The fraction of sp³-hybridized carbons (Fsp3) is 0.714. The zero-order valence-electron chi connectivity index (χ0n) is 23.6. The molecule has 2 saturated carbocycles. The van der Waals surface area contributed by atoms with E-state index in [0.29, 0.717) is 0 Å². The molecular weight excluding hydrogens is 562 g/mol. The van der Waals surface area contributed by atoms with Crippen molar-refractivity contribution in [3.05, 3.63) is 23.2 Å². The third-order valence-corrected chi connectivity index (χ3v) is 11.7. The number of hydrogen-bond acceptors (Lipinski definition) is 6. The summed E-state index contributed by atoms with van der Waals surface area (Å²) < 4.78 is 54.6. The molecule has 1 N–H and O–H groups in total. The Balaban J connectivity index is 1.33. The van der Waals surface area contributed by atoms with Crippen LogP contribution in [0.3, 0.4) is 0 Å². The maximum absolute atomic E-state index is 13.8. The summed E-state index contributed by atoms with van der Waals surface area (Å²) >= 11 is 6.57. The molecule has 1 aromatic carbocycles. The molecule has 0 radical (unpaired) electrons. The summed E-state index contributed by atoms with van der Waals surface area (Å²) in [5.74, 6) is -5.81. The number of carbonyl (C=O) groups is 2. The highest BCUT2D eigenvalue weighted by atomic mass is 35.5. The molecular formula is C28H39ClF2N4O4S. The van der Waals surface area contributed by atoms with Gasteiger partial charge in [0.1, 0.15) is 0 Å². The van der Waals surface area contributed by atoms with Crippen LogP contribution in [-0.4, -0.2) is 91.6 Å². The number of amides is 2. The number of piperazine rings is 1. The number of carbonyl (C=O) groups excluding carboxylic acids is 2. The van der Waals surface area contributed by atoms with E-state index in [4.69, 9.17) is 11.6 Å². The summed E-state index contributed by atoms with van der Waals surface area (Å²) in [5.41, 5.74) is 0.554. The zero-order chi connectivity index (χ0) is 29.3. The van der Waals surface area contributed by atoms with E-state index >= 15 is 0 Å². The Morgan fingerprint density at radius 1 is 1.02 bits per heavy atom. The minimum Gasteiger partial charge on any atom is -0.369 e. The molecule has 8 nitrogen and oxygen atoms in total. The number of benzene rings is 1. The molecule has 2 aliphatic carbocycles. The van der Waals surface area contributed by atoms with Crippen molar-refractivity contribution in [3.63, 3.8) is 0 Å². The second kappa shape index (κ2) is 10.1. The lowest BCUT2D eigenvalue weighted by atomic mass is 9.92. The second-order valence-corrected chi connectivity index (χ2v) is 15.8. The standard InChI is InChI=1S/C28H39ClF2N4O4S/c1-26(2,3)35-11-9-33(10-12-35)18-5-6-23(22(29)13-18)40(38,39)19-14-20(24(36)32-27(4)7-8-27)21(15-19)25(37)34-16-28(30,31)17-34/h5-6,13,19-21H,7-12,14-17H2,1-4H3,(H,32,36).